The lowest BCUT2D eigenvalue weighted by molar-refractivity contribution is -0.136. The van der Waals surface area contributed by atoms with Crippen LogP contribution in [0.3, 0.4) is 0 Å². The van der Waals surface area contributed by atoms with Crippen LogP contribution in [0.25, 0.3) is 5.70 Å². The van der Waals surface area contributed by atoms with Gasteiger partial charge >= 0.3 is 5.97 Å². The Hall–Kier alpha value is -3.81. The van der Waals surface area contributed by atoms with E-state index in [2.05, 4.69) is 15.4 Å². The molecule has 5 rings (SSSR count). The Bertz CT molecular complexity index is 1380. The van der Waals surface area contributed by atoms with E-state index in [1.165, 1.54) is 13.4 Å². The fraction of sp³-hybridized carbons (Fsp3) is 0.115. The van der Waals surface area contributed by atoms with E-state index in [9.17, 15) is 4.79 Å². The fourth-order valence-electron chi connectivity index (χ4n) is 3.94. The molecule has 35 heavy (non-hydrogen) atoms. The van der Waals surface area contributed by atoms with Crippen LogP contribution in [-0.2, 0) is 16.1 Å². The number of carbonyl (C=O) groups is 1. The Balaban J connectivity index is 1.50. The van der Waals surface area contributed by atoms with Gasteiger partial charge in [-0.2, -0.15) is 10.1 Å². The first-order valence-corrected chi connectivity index (χ1v) is 11.5. The number of hydrogen-bond acceptors (Lipinski definition) is 6. The normalized spacial score (nSPS) is 14.8. The number of hydrogen-bond donors (Lipinski definition) is 1. The molecule has 0 amide bonds. The molecule has 1 aromatic heterocycles. The van der Waals surface area contributed by atoms with E-state index in [0.717, 1.165) is 16.7 Å². The maximum Gasteiger partial charge on any atom is 0.338 e. The Morgan fingerprint density at radius 1 is 0.971 bits per heavy atom. The van der Waals surface area contributed by atoms with Gasteiger partial charge in [0.25, 0.3) is 0 Å². The molecule has 0 aliphatic carbocycles. The summed E-state index contributed by atoms with van der Waals surface area (Å²) in [6.45, 7) is 0.408. The highest BCUT2D eigenvalue weighted by molar-refractivity contribution is 6.30. The highest BCUT2D eigenvalue weighted by Gasteiger charge is 2.36. The van der Waals surface area contributed by atoms with Crippen molar-refractivity contribution < 1.29 is 14.3 Å². The Morgan fingerprint density at radius 2 is 1.63 bits per heavy atom. The smallest absolute Gasteiger partial charge is 0.338 e. The number of methoxy groups -OCH3 is 1. The molecule has 4 aromatic rings. The topological polar surface area (TPSA) is 78.3 Å². The standard InChI is InChI=1S/C26H20Cl2N4O3/c1-34-25(33)22-23(17-4-10-20(28)11-5-17)31-26-29-15-30-32(26)24(22)18-6-12-21(13-7-18)35-14-16-2-8-19(27)9-3-16/h2-13,15,24H,14H2,1H3,(H,29,30,31)/t24-/m0/s1. The molecule has 1 atom stereocenters. The molecule has 0 bridgehead atoms. The predicted octanol–water partition coefficient (Wildman–Crippen LogP) is 5.76. The molecule has 0 fully saturated rings. The van der Waals surface area contributed by atoms with E-state index in [1.807, 2.05) is 60.7 Å². The van der Waals surface area contributed by atoms with Gasteiger partial charge in [0.2, 0.25) is 5.95 Å². The van der Waals surface area contributed by atoms with Crippen molar-refractivity contribution in [3.8, 4) is 5.75 Å². The van der Waals surface area contributed by atoms with Crippen LogP contribution in [0.1, 0.15) is 22.7 Å². The van der Waals surface area contributed by atoms with Gasteiger partial charge in [0, 0.05) is 10.0 Å². The summed E-state index contributed by atoms with van der Waals surface area (Å²) in [6, 6.07) is 21.7. The minimum Gasteiger partial charge on any atom is -0.489 e. The molecule has 2 heterocycles. The van der Waals surface area contributed by atoms with Crippen LogP contribution in [0.2, 0.25) is 10.0 Å². The van der Waals surface area contributed by atoms with Crippen molar-refractivity contribution in [3.63, 3.8) is 0 Å². The first-order valence-electron chi connectivity index (χ1n) is 10.8. The third-order valence-corrected chi connectivity index (χ3v) is 6.15. The van der Waals surface area contributed by atoms with E-state index >= 15 is 0 Å². The summed E-state index contributed by atoms with van der Waals surface area (Å²) in [5, 5.41) is 8.87. The molecule has 1 N–H and O–H groups in total. The summed E-state index contributed by atoms with van der Waals surface area (Å²) in [4.78, 5) is 17.4. The molecule has 0 spiro atoms. The van der Waals surface area contributed by atoms with Gasteiger partial charge in [0.15, 0.2) is 0 Å². The predicted molar refractivity (Wildman–Crippen MR) is 134 cm³/mol. The SMILES string of the molecule is COC(=O)C1=C(c2ccc(Cl)cc2)Nc2ncnn2[C@H]1c1ccc(OCc2ccc(Cl)cc2)cc1. The fourth-order valence-corrected chi connectivity index (χ4v) is 4.19. The lowest BCUT2D eigenvalue weighted by atomic mass is 9.93. The average Bonchev–Trinajstić information content (AvgIpc) is 3.36. The average molecular weight is 507 g/mol. The lowest BCUT2D eigenvalue weighted by Crippen LogP contribution is -2.29. The second-order valence-electron chi connectivity index (χ2n) is 7.83. The van der Waals surface area contributed by atoms with Crippen LogP contribution in [0, 0.1) is 0 Å². The number of anilines is 1. The van der Waals surface area contributed by atoms with Crippen LogP contribution in [0.4, 0.5) is 5.95 Å². The van der Waals surface area contributed by atoms with E-state index in [1.54, 1.807) is 16.8 Å². The highest BCUT2D eigenvalue weighted by atomic mass is 35.5. The van der Waals surface area contributed by atoms with E-state index in [4.69, 9.17) is 32.7 Å². The van der Waals surface area contributed by atoms with Crippen molar-refractivity contribution in [3.05, 3.63) is 111 Å². The van der Waals surface area contributed by atoms with Crippen molar-refractivity contribution in [2.75, 3.05) is 12.4 Å². The number of halogens is 2. The van der Waals surface area contributed by atoms with Crippen LogP contribution in [0.5, 0.6) is 5.75 Å². The second kappa shape index (κ2) is 9.82. The first-order chi connectivity index (χ1) is 17.0. The molecule has 176 valence electrons. The molecule has 0 saturated carbocycles. The number of nitrogens with zero attached hydrogens (tertiary/aromatic N) is 3. The number of aromatic nitrogens is 3. The molecular formula is C26H20Cl2N4O3. The minimum absolute atomic E-state index is 0.405. The minimum atomic E-state index is -0.558. The zero-order valence-corrected chi connectivity index (χ0v) is 20.1. The number of esters is 1. The van der Waals surface area contributed by atoms with Crippen LogP contribution in [-0.4, -0.2) is 27.8 Å². The van der Waals surface area contributed by atoms with Gasteiger partial charge in [0.05, 0.1) is 18.4 Å². The van der Waals surface area contributed by atoms with E-state index in [0.29, 0.717) is 39.6 Å². The Morgan fingerprint density at radius 3 is 2.29 bits per heavy atom. The second-order valence-corrected chi connectivity index (χ2v) is 8.70. The maximum atomic E-state index is 13.0. The van der Waals surface area contributed by atoms with Crippen LogP contribution in [0.15, 0.2) is 84.7 Å². The van der Waals surface area contributed by atoms with Crippen LogP contribution >= 0.6 is 23.2 Å². The summed E-state index contributed by atoms with van der Waals surface area (Å²) >= 11 is 12.0. The van der Waals surface area contributed by atoms with Gasteiger partial charge < -0.3 is 14.8 Å². The summed E-state index contributed by atoms with van der Waals surface area (Å²) in [5.41, 5.74) is 3.60. The lowest BCUT2D eigenvalue weighted by Gasteiger charge is -2.29. The number of nitrogens with one attached hydrogen (secondary N) is 1. The highest BCUT2D eigenvalue weighted by Crippen LogP contribution is 2.39. The molecule has 1 aliphatic heterocycles. The van der Waals surface area contributed by atoms with Crippen molar-refractivity contribution >= 4 is 40.8 Å². The Labute approximate surface area is 211 Å². The van der Waals surface area contributed by atoms with Gasteiger partial charge in [-0.15, -0.1) is 0 Å². The molecule has 9 heteroatoms. The summed E-state index contributed by atoms with van der Waals surface area (Å²) < 4.78 is 12.8. The largest absolute Gasteiger partial charge is 0.489 e. The molecule has 0 unspecified atom stereocenters. The summed E-state index contributed by atoms with van der Waals surface area (Å²) in [7, 11) is 1.36. The quantitative estimate of drug-likeness (QED) is 0.334. The maximum absolute atomic E-state index is 13.0. The number of benzene rings is 3. The third kappa shape index (κ3) is 4.73. The Kier molecular flexibility index (Phi) is 6.44. The molecule has 3 aromatic carbocycles. The van der Waals surface area contributed by atoms with Gasteiger partial charge in [0.1, 0.15) is 24.7 Å². The number of rotatable bonds is 6. The van der Waals surface area contributed by atoms with E-state index in [-0.39, 0.29) is 0 Å². The summed E-state index contributed by atoms with van der Waals surface area (Å²) in [5.74, 6) is 0.727. The zero-order chi connectivity index (χ0) is 24.4. The van der Waals surface area contributed by atoms with Gasteiger partial charge in [-0.25, -0.2) is 9.48 Å². The van der Waals surface area contributed by atoms with Gasteiger partial charge in [-0.1, -0.05) is 59.6 Å². The molecular weight excluding hydrogens is 487 g/mol. The van der Waals surface area contributed by atoms with E-state index < -0.39 is 12.0 Å². The number of fused-ring (bicyclic) bond motifs is 1. The molecule has 1 aliphatic rings. The zero-order valence-electron chi connectivity index (χ0n) is 18.6. The third-order valence-electron chi connectivity index (χ3n) is 5.65. The molecule has 0 radical (unpaired) electrons. The summed E-state index contributed by atoms with van der Waals surface area (Å²) in [6.07, 6.45) is 1.44. The molecule has 0 saturated heterocycles. The van der Waals surface area contributed by atoms with Crippen LogP contribution < -0.4 is 10.1 Å². The van der Waals surface area contributed by atoms with Crippen molar-refractivity contribution in [1.29, 1.82) is 0 Å². The monoisotopic (exact) mass is 506 g/mol. The first kappa shape index (κ1) is 23.0. The van der Waals surface area contributed by atoms with Crippen molar-refractivity contribution in [2.45, 2.75) is 12.6 Å². The van der Waals surface area contributed by atoms with Gasteiger partial charge in [-0.05, 0) is 53.1 Å². The molecule has 7 nitrogen and oxygen atoms in total. The van der Waals surface area contributed by atoms with Crippen molar-refractivity contribution in [2.24, 2.45) is 0 Å². The van der Waals surface area contributed by atoms with Gasteiger partial charge in [-0.3, -0.25) is 0 Å². The number of ether oxygens (including phenoxy) is 2. The van der Waals surface area contributed by atoms with Crippen molar-refractivity contribution in [1.82, 2.24) is 14.8 Å². The number of carbonyl (C=O) groups excluding carboxylic acids is 1.